The number of rotatable bonds is 2. The van der Waals surface area contributed by atoms with Crippen LogP contribution in [0.25, 0.3) is 10.4 Å². The molecule has 78 valence electrons. The SMILES string of the molecule is [N-]=[N+]=NCC12CCCN1CC(F)(F)C2. The van der Waals surface area contributed by atoms with E-state index in [1.807, 2.05) is 0 Å². The first kappa shape index (κ1) is 9.68. The first-order valence-electron chi connectivity index (χ1n) is 4.72. The molecule has 0 amide bonds. The maximum absolute atomic E-state index is 13.2. The van der Waals surface area contributed by atoms with Crippen molar-refractivity contribution in [2.75, 3.05) is 19.6 Å². The largest absolute Gasteiger partial charge is 0.291 e. The van der Waals surface area contributed by atoms with Crippen molar-refractivity contribution >= 4 is 0 Å². The third kappa shape index (κ3) is 1.44. The molecule has 2 aliphatic rings. The highest BCUT2D eigenvalue weighted by Gasteiger charge is 2.55. The monoisotopic (exact) mass is 202 g/mol. The topological polar surface area (TPSA) is 52.0 Å². The molecule has 0 bridgehead atoms. The molecule has 1 unspecified atom stereocenters. The predicted molar refractivity (Wildman–Crippen MR) is 47.1 cm³/mol. The van der Waals surface area contributed by atoms with Gasteiger partial charge in [-0.05, 0) is 24.9 Å². The standard InChI is InChI=1S/C8H12F2N4/c9-8(10)4-7(5-12-13-11)2-1-3-14(7)6-8/h1-6H2. The number of nitrogens with zero attached hydrogens (tertiary/aromatic N) is 4. The minimum Gasteiger partial charge on any atom is -0.291 e. The average Bonchev–Trinajstić information content (AvgIpc) is 2.53. The summed E-state index contributed by atoms with van der Waals surface area (Å²) in [5.74, 6) is -2.61. The third-order valence-electron chi connectivity index (χ3n) is 3.18. The van der Waals surface area contributed by atoms with E-state index in [1.54, 1.807) is 4.90 Å². The second-order valence-electron chi connectivity index (χ2n) is 4.17. The van der Waals surface area contributed by atoms with Gasteiger partial charge in [-0.15, -0.1) is 0 Å². The summed E-state index contributed by atoms with van der Waals surface area (Å²) in [5, 5.41) is 3.46. The highest BCUT2D eigenvalue weighted by atomic mass is 19.3. The lowest BCUT2D eigenvalue weighted by atomic mass is 9.93. The van der Waals surface area contributed by atoms with E-state index in [9.17, 15) is 8.78 Å². The van der Waals surface area contributed by atoms with Crippen LogP contribution in [0.1, 0.15) is 19.3 Å². The summed E-state index contributed by atoms with van der Waals surface area (Å²) in [6.45, 7) is 0.712. The van der Waals surface area contributed by atoms with Gasteiger partial charge >= 0.3 is 0 Å². The quantitative estimate of drug-likeness (QED) is 0.384. The van der Waals surface area contributed by atoms with Gasteiger partial charge in [0.1, 0.15) is 0 Å². The Bertz CT molecular complexity index is 287. The van der Waals surface area contributed by atoms with E-state index >= 15 is 0 Å². The van der Waals surface area contributed by atoms with Crippen molar-refractivity contribution in [2.45, 2.75) is 30.7 Å². The lowest BCUT2D eigenvalue weighted by Gasteiger charge is -2.28. The van der Waals surface area contributed by atoms with Gasteiger partial charge in [-0.3, -0.25) is 4.90 Å². The van der Waals surface area contributed by atoms with Crippen LogP contribution in [-0.2, 0) is 0 Å². The Balaban J connectivity index is 2.18. The normalized spacial score (nSPS) is 35.3. The van der Waals surface area contributed by atoms with Crippen molar-refractivity contribution in [1.29, 1.82) is 0 Å². The number of alkyl halides is 2. The lowest BCUT2D eigenvalue weighted by molar-refractivity contribution is 0.00970. The Kier molecular flexibility index (Phi) is 2.12. The number of fused-ring (bicyclic) bond motifs is 1. The van der Waals surface area contributed by atoms with Gasteiger partial charge in [-0.25, -0.2) is 8.78 Å². The molecule has 2 aliphatic heterocycles. The van der Waals surface area contributed by atoms with Crippen LogP contribution >= 0.6 is 0 Å². The molecule has 1 atom stereocenters. The van der Waals surface area contributed by atoms with Gasteiger partial charge in [0, 0.05) is 23.4 Å². The maximum atomic E-state index is 13.2. The highest BCUT2D eigenvalue weighted by molar-refractivity contribution is 5.07. The Morgan fingerprint density at radius 1 is 1.50 bits per heavy atom. The Hall–Kier alpha value is -0.870. The van der Waals surface area contributed by atoms with Crippen LogP contribution in [-0.4, -0.2) is 36.0 Å². The van der Waals surface area contributed by atoms with Crippen molar-refractivity contribution in [3.63, 3.8) is 0 Å². The van der Waals surface area contributed by atoms with Crippen LogP contribution in [0.4, 0.5) is 8.78 Å². The third-order valence-corrected chi connectivity index (χ3v) is 3.18. The van der Waals surface area contributed by atoms with Crippen molar-refractivity contribution in [3.05, 3.63) is 10.4 Å². The Morgan fingerprint density at radius 3 is 3.00 bits per heavy atom. The minimum absolute atomic E-state index is 0.154. The molecular weight excluding hydrogens is 190 g/mol. The van der Waals surface area contributed by atoms with Gasteiger partial charge in [-0.2, -0.15) is 0 Å². The molecule has 4 nitrogen and oxygen atoms in total. The summed E-state index contributed by atoms with van der Waals surface area (Å²) in [7, 11) is 0. The zero-order chi connectivity index (χ0) is 10.2. The van der Waals surface area contributed by atoms with Crippen molar-refractivity contribution in [2.24, 2.45) is 5.11 Å². The van der Waals surface area contributed by atoms with Gasteiger partial charge in [0.05, 0.1) is 6.54 Å². The van der Waals surface area contributed by atoms with Crippen molar-refractivity contribution < 1.29 is 8.78 Å². The fourth-order valence-corrected chi connectivity index (χ4v) is 2.66. The average molecular weight is 202 g/mol. The minimum atomic E-state index is -2.61. The summed E-state index contributed by atoms with van der Waals surface area (Å²) in [5.41, 5.74) is 7.68. The second-order valence-corrected chi connectivity index (χ2v) is 4.17. The number of hydrogen-bond donors (Lipinski definition) is 0. The molecular formula is C8H12F2N4. The van der Waals surface area contributed by atoms with Crippen LogP contribution in [0.2, 0.25) is 0 Å². The molecule has 0 aliphatic carbocycles. The number of azide groups is 1. The highest BCUT2D eigenvalue weighted by Crippen LogP contribution is 2.45. The van der Waals surface area contributed by atoms with E-state index in [4.69, 9.17) is 5.53 Å². The smallest absolute Gasteiger partial charge is 0.262 e. The van der Waals surface area contributed by atoms with Crippen LogP contribution < -0.4 is 0 Å². The Morgan fingerprint density at radius 2 is 2.29 bits per heavy atom. The molecule has 6 heteroatoms. The molecule has 2 heterocycles. The molecule has 0 spiro atoms. The summed E-state index contributed by atoms with van der Waals surface area (Å²) in [6.07, 6.45) is 1.50. The van der Waals surface area contributed by atoms with E-state index in [1.165, 1.54) is 0 Å². The van der Waals surface area contributed by atoms with Gasteiger partial charge in [0.2, 0.25) is 0 Å². The molecule has 0 aromatic carbocycles. The molecule has 0 saturated carbocycles. The Labute approximate surface area is 80.5 Å². The lowest BCUT2D eigenvalue weighted by Crippen LogP contribution is -2.40. The molecule has 0 N–H and O–H groups in total. The predicted octanol–water partition coefficient (Wildman–Crippen LogP) is 2.17. The molecule has 0 aromatic rings. The fraction of sp³-hybridized carbons (Fsp3) is 1.00. The van der Waals surface area contributed by atoms with E-state index < -0.39 is 11.5 Å². The molecule has 0 radical (unpaired) electrons. The number of halogens is 2. The van der Waals surface area contributed by atoms with Crippen LogP contribution in [0.15, 0.2) is 5.11 Å². The van der Waals surface area contributed by atoms with Crippen molar-refractivity contribution in [3.8, 4) is 0 Å². The first-order valence-corrected chi connectivity index (χ1v) is 4.72. The molecule has 2 rings (SSSR count). The first-order chi connectivity index (χ1) is 6.58. The van der Waals surface area contributed by atoms with Gasteiger partial charge in [-0.1, -0.05) is 5.11 Å². The summed E-state index contributed by atoms with van der Waals surface area (Å²) in [6, 6.07) is 0. The van der Waals surface area contributed by atoms with Crippen LogP contribution in [0, 0.1) is 0 Å². The molecule has 0 aromatic heterocycles. The fourth-order valence-electron chi connectivity index (χ4n) is 2.66. The zero-order valence-electron chi connectivity index (χ0n) is 7.79. The van der Waals surface area contributed by atoms with Gasteiger partial charge in [0.25, 0.3) is 5.92 Å². The van der Waals surface area contributed by atoms with Gasteiger partial charge < -0.3 is 0 Å². The van der Waals surface area contributed by atoms with E-state index in [0.29, 0.717) is 6.54 Å². The second kappa shape index (κ2) is 3.07. The van der Waals surface area contributed by atoms with E-state index in [-0.39, 0.29) is 19.5 Å². The number of hydrogen-bond acceptors (Lipinski definition) is 2. The van der Waals surface area contributed by atoms with E-state index in [2.05, 4.69) is 10.0 Å². The summed E-state index contributed by atoms with van der Waals surface area (Å²) < 4.78 is 26.3. The zero-order valence-corrected chi connectivity index (χ0v) is 7.79. The van der Waals surface area contributed by atoms with Gasteiger partial charge in [0.15, 0.2) is 0 Å². The molecule has 2 saturated heterocycles. The summed E-state index contributed by atoms with van der Waals surface area (Å²) >= 11 is 0. The molecule has 2 fully saturated rings. The van der Waals surface area contributed by atoms with Crippen LogP contribution in [0.3, 0.4) is 0 Å². The van der Waals surface area contributed by atoms with E-state index in [0.717, 1.165) is 12.8 Å². The summed E-state index contributed by atoms with van der Waals surface area (Å²) in [4.78, 5) is 4.44. The van der Waals surface area contributed by atoms with Crippen molar-refractivity contribution in [1.82, 2.24) is 4.90 Å². The molecule has 14 heavy (non-hydrogen) atoms. The maximum Gasteiger partial charge on any atom is 0.262 e. The van der Waals surface area contributed by atoms with Crippen LogP contribution in [0.5, 0.6) is 0 Å².